The molecule has 3 nitrogen and oxygen atoms in total. The Morgan fingerprint density at radius 1 is 1.00 bits per heavy atom. The van der Waals surface area contributed by atoms with Crippen LogP contribution in [0.3, 0.4) is 0 Å². The summed E-state index contributed by atoms with van der Waals surface area (Å²) in [6.07, 6.45) is 10.8. The zero-order valence-corrected chi connectivity index (χ0v) is 11.1. The minimum Gasteiger partial charge on any atom is -0.352 e. The summed E-state index contributed by atoms with van der Waals surface area (Å²) in [5.74, 6) is 3.08. The molecule has 18 heavy (non-hydrogen) atoms. The highest BCUT2D eigenvalue weighted by Gasteiger charge is 2.50. The Hall–Kier alpha value is -0.570. The van der Waals surface area contributed by atoms with Crippen molar-refractivity contribution in [3.05, 3.63) is 0 Å². The van der Waals surface area contributed by atoms with Crippen LogP contribution in [-0.2, 0) is 4.79 Å². The monoisotopic (exact) mass is 248 g/mol. The standard InChI is InChI=1S/C15H24N2O/c18-14(17-13-1-2-13)9-16-15-6-10-3-11(7-15)5-12(4-10)8-15/h10-13,16H,1-9H2,(H,17,18). The van der Waals surface area contributed by atoms with Crippen LogP contribution < -0.4 is 10.6 Å². The largest absolute Gasteiger partial charge is 0.352 e. The minimum atomic E-state index is 0.216. The second-order valence-corrected chi connectivity index (χ2v) is 7.39. The molecular formula is C15H24N2O. The van der Waals surface area contributed by atoms with Crippen LogP contribution in [0.4, 0.5) is 0 Å². The number of hydrogen-bond donors (Lipinski definition) is 2. The SMILES string of the molecule is O=C(CNC12CC3CC(CC(C3)C1)C2)NC1CC1. The van der Waals surface area contributed by atoms with E-state index in [1.54, 1.807) is 0 Å². The maximum Gasteiger partial charge on any atom is 0.234 e. The van der Waals surface area contributed by atoms with Gasteiger partial charge in [-0.15, -0.1) is 0 Å². The number of carbonyl (C=O) groups excluding carboxylic acids is 1. The summed E-state index contributed by atoms with van der Waals surface area (Å²) in [6, 6.07) is 0.496. The van der Waals surface area contributed by atoms with Crippen molar-refractivity contribution >= 4 is 5.91 Å². The molecule has 0 radical (unpaired) electrons. The first-order chi connectivity index (χ1) is 8.71. The minimum absolute atomic E-state index is 0.216. The number of nitrogens with one attached hydrogen (secondary N) is 2. The van der Waals surface area contributed by atoms with Crippen molar-refractivity contribution in [2.45, 2.75) is 62.9 Å². The molecule has 3 heteroatoms. The molecule has 5 saturated carbocycles. The van der Waals surface area contributed by atoms with Gasteiger partial charge in [0.25, 0.3) is 0 Å². The summed E-state index contributed by atoms with van der Waals surface area (Å²) >= 11 is 0. The van der Waals surface area contributed by atoms with E-state index in [4.69, 9.17) is 0 Å². The van der Waals surface area contributed by atoms with E-state index in [1.807, 2.05) is 0 Å². The van der Waals surface area contributed by atoms with Crippen LogP contribution in [-0.4, -0.2) is 24.0 Å². The quantitative estimate of drug-likeness (QED) is 0.797. The van der Waals surface area contributed by atoms with Crippen molar-refractivity contribution in [3.63, 3.8) is 0 Å². The van der Waals surface area contributed by atoms with Gasteiger partial charge in [-0.1, -0.05) is 0 Å². The number of hydrogen-bond acceptors (Lipinski definition) is 2. The Morgan fingerprint density at radius 3 is 2.06 bits per heavy atom. The summed E-state index contributed by atoms with van der Waals surface area (Å²) < 4.78 is 0. The lowest BCUT2D eigenvalue weighted by molar-refractivity contribution is -0.121. The first kappa shape index (κ1) is 11.3. The third kappa shape index (κ3) is 2.07. The maximum atomic E-state index is 11.8. The van der Waals surface area contributed by atoms with Crippen LogP contribution in [0.15, 0.2) is 0 Å². The molecule has 0 aromatic heterocycles. The third-order valence-corrected chi connectivity index (χ3v) is 5.60. The van der Waals surface area contributed by atoms with E-state index in [9.17, 15) is 4.79 Å². The highest BCUT2D eigenvalue weighted by molar-refractivity contribution is 5.78. The van der Waals surface area contributed by atoms with Crippen LogP contribution in [0.25, 0.3) is 0 Å². The van der Waals surface area contributed by atoms with Gasteiger partial charge in [-0.2, -0.15) is 0 Å². The zero-order chi connectivity index (χ0) is 12.2. The van der Waals surface area contributed by atoms with E-state index in [0.717, 1.165) is 17.8 Å². The van der Waals surface area contributed by atoms with Crippen molar-refractivity contribution in [3.8, 4) is 0 Å². The zero-order valence-electron chi connectivity index (χ0n) is 11.1. The smallest absolute Gasteiger partial charge is 0.234 e. The molecule has 0 aromatic rings. The summed E-state index contributed by atoms with van der Waals surface area (Å²) in [4.78, 5) is 11.8. The normalized spacial score (nSPS) is 45.2. The van der Waals surface area contributed by atoms with Gasteiger partial charge in [0, 0.05) is 11.6 Å². The lowest BCUT2D eigenvalue weighted by Gasteiger charge is -2.57. The Morgan fingerprint density at radius 2 is 1.56 bits per heavy atom. The molecule has 0 spiro atoms. The molecule has 0 saturated heterocycles. The second-order valence-electron chi connectivity index (χ2n) is 7.39. The van der Waals surface area contributed by atoms with Gasteiger partial charge >= 0.3 is 0 Å². The lowest BCUT2D eigenvalue weighted by Crippen LogP contribution is -2.59. The Balaban J connectivity index is 1.36. The van der Waals surface area contributed by atoms with E-state index in [-0.39, 0.29) is 5.91 Å². The van der Waals surface area contributed by atoms with Gasteiger partial charge in [0.15, 0.2) is 0 Å². The van der Waals surface area contributed by atoms with Gasteiger partial charge in [0.1, 0.15) is 0 Å². The van der Waals surface area contributed by atoms with Crippen molar-refractivity contribution in [1.29, 1.82) is 0 Å². The summed E-state index contributed by atoms with van der Waals surface area (Å²) in [7, 11) is 0. The first-order valence-corrected chi connectivity index (χ1v) is 7.75. The van der Waals surface area contributed by atoms with E-state index < -0.39 is 0 Å². The molecule has 5 aliphatic rings. The Bertz CT molecular complexity index is 326. The molecule has 100 valence electrons. The Labute approximate surface area is 109 Å². The fourth-order valence-electron chi connectivity index (χ4n) is 5.10. The molecule has 5 rings (SSSR count). The summed E-state index contributed by atoms with van der Waals surface area (Å²) in [5, 5.41) is 6.73. The van der Waals surface area contributed by atoms with E-state index >= 15 is 0 Å². The predicted molar refractivity (Wildman–Crippen MR) is 70.1 cm³/mol. The number of carbonyl (C=O) groups is 1. The first-order valence-electron chi connectivity index (χ1n) is 7.75. The highest BCUT2D eigenvalue weighted by Crippen LogP contribution is 2.55. The molecule has 0 aromatic carbocycles. The topological polar surface area (TPSA) is 41.1 Å². The van der Waals surface area contributed by atoms with Crippen LogP contribution in [0.1, 0.15) is 51.4 Å². The van der Waals surface area contributed by atoms with Crippen LogP contribution in [0, 0.1) is 17.8 Å². The lowest BCUT2D eigenvalue weighted by atomic mass is 9.53. The predicted octanol–water partition coefficient (Wildman–Crippen LogP) is 1.82. The van der Waals surface area contributed by atoms with Crippen molar-refractivity contribution < 1.29 is 4.79 Å². The molecule has 0 heterocycles. The Kier molecular flexibility index (Phi) is 2.48. The number of amides is 1. The fraction of sp³-hybridized carbons (Fsp3) is 0.933. The van der Waals surface area contributed by atoms with Crippen molar-refractivity contribution in [2.75, 3.05) is 6.54 Å². The third-order valence-electron chi connectivity index (χ3n) is 5.60. The van der Waals surface area contributed by atoms with Crippen molar-refractivity contribution in [1.82, 2.24) is 10.6 Å². The van der Waals surface area contributed by atoms with E-state index in [0.29, 0.717) is 18.1 Å². The van der Waals surface area contributed by atoms with Gasteiger partial charge in [-0.25, -0.2) is 0 Å². The number of rotatable bonds is 4. The molecule has 2 N–H and O–H groups in total. The molecule has 5 fully saturated rings. The molecular weight excluding hydrogens is 224 g/mol. The van der Waals surface area contributed by atoms with Crippen LogP contribution in [0.5, 0.6) is 0 Å². The van der Waals surface area contributed by atoms with Gasteiger partial charge < -0.3 is 10.6 Å². The molecule has 5 aliphatic carbocycles. The van der Waals surface area contributed by atoms with Crippen LogP contribution in [0.2, 0.25) is 0 Å². The highest BCUT2D eigenvalue weighted by atomic mass is 16.2. The fourth-order valence-corrected chi connectivity index (χ4v) is 5.10. The molecule has 0 aliphatic heterocycles. The van der Waals surface area contributed by atoms with Crippen molar-refractivity contribution in [2.24, 2.45) is 17.8 Å². The van der Waals surface area contributed by atoms with Gasteiger partial charge in [0.05, 0.1) is 6.54 Å². The molecule has 1 amide bonds. The van der Waals surface area contributed by atoms with Crippen LogP contribution >= 0.6 is 0 Å². The molecule has 0 unspecified atom stereocenters. The average Bonchev–Trinajstić information content (AvgIpc) is 3.09. The second kappa shape index (κ2) is 3.96. The van der Waals surface area contributed by atoms with E-state index in [1.165, 1.54) is 51.4 Å². The average molecular weight is 248 g/mol. The summed E-state index contributed by atoms with van der Waals surface area (Å²) in [5.41, 5.74) is 0.329. The summed E-state index contributed by atoms with van der Waals surface area (Å²) in [6.45, 7) is 0.544. The van der Waals surface area contributed by atoms with Gasteiger partial charge in [-0.3, -0.25) is 4.79 Å². The molecule has 4 bridgehead atoms. The van der Waals surface area contributed by atoms with E-state index in [2.05, 4.69) is 10.6 Å². The molecule has 0 atom stereocenters. The maximum absolute atomic E-state index is 11.8. The van der Waals surface area contributed by atoms with Gasteiger partial charge in [-0.05, 0) is 69.1 Å². The van der Waals surface area contributed by atoms with Gasteiger partial charge in [0.2, 0.25) is 5.91 Å².